The number of imidazole rings is 1. The van der Waals surface area contributed by atoms with Crippen LogP contribution in [0.15, 0.2) is 36.9 Å². The highest BCUT2D eigenvalue weighted by Crippen LogP contribution is 2.50. The number of amides is 3. The highest BCUT2D eigenvalue weighted by atomic mass is 19.4. The minimum absolute atomic E-state index is 0.000229. The van der Waals surface area contributed by atoms with Crippen molar-refractivity contribution in [1.82, 2.24) is 29.0 Å². The first kappa shape index (κ1) is 22.2. The number of pyridine rings is 1. The van der Waals surface area contributed by atoms with E-state index in [4.69, 9.17) is 0 Å². The molecule has 1 aliphatic carbocycles. The number of likely N-dealkylation sites (tertiary alicyclic amines) is 1. The standard InChI is InChI=1S/C22H24F3N7O2/c1-29-5-6-32-18(29)16(11-27-32)19(33)31-12-21(13-31)9-15(10-21)30(2)20(34)28-17-7-14(3-4-26-17)8-22(23,24)25/h3-7,11,15H,8-10,12-13H2,1-2H3,(H,26,28,34). The number of fused-ring (bicyclic) bond motifs is 1. The van der Waals surface area contributed by atoms with E-state index in [9.17, 15) is 22.8 Å². The van der Waals surface area contributed by atoms with Crippen molar-refractivity contribution in [3.8, 4) is 0 Å². The van der Waals surface area contributed by atoms with Gasteiger partial charge < -0.3 is 14.4 Å². The predicted octanol–water partition coefficient (Wildman–Crippen LogP) is 2.94. The van der Waals surface area contributed by atoms with E-state index >= 15 is 0 Å². The third-order valence-electron chi connectivity index (χ3n) is 6.77. The molecular formula is C22H24F3N7O2. The van der Waals surface area contributed by atoms with Crippen LogP contribution in [0.2, 0.25) is 0 Å². The second-order valence-electron chi connectivity index (χ2n) is 9.34. The van der Waals surface area contributed by atoms with Crippen LogP contribution in [0, 0.1) is 5.41 Å². The van der Waals surface area contributed by atoms with E-state index in [2.05, 4.69) is 15.4 Å². The Morgan fingerprint density at radius 2 is 2.00 bits per heavy atom. The molecule has 5 rings (SSSR count). The van der Waals surface area contributed by atoms with Gasteiger partial charge in [0.1, 0.15) is 17.0 Å². The Morgan fingerprint density at radius 1 is 1.26 bits per heavy atom. The van der Waals surface area contributed by atoms with Crippen LogP contribution >= 0.6 is 0 Å². The van der Waals surface area contributed by atoms with Crippen molar-refractivity contribution >= 4 is 23.4 Å². The first-order valence-electron chi connectivity index (χ1n) is 10.9. The van der Waals surface area contributed by atoms with Crippen molar-refractivity contribution in [1.29, 1.82) is 0 Å². The largest absolute Gasteiger partial charge is 0.393 e. The first-order valence-corrected chi connectivity index (χ1v) is 10.9. The number of rotatable bonds is 4. The fourth-order valence-electron chi connectivity index (χ4n) is 5.00. The zero-order valence-corrected chi connectivity index (χ0v) is 18.7. The summed E-state index contributed by atoms with van der Waals surface area (Å²) < 4.78 is 41.4. The number of halogens is 3. The average Bonchev–Trinajstić information content (AvgIpc) is 3.27. The predicted molar refractivity (Wildman–Crippen MR) is 116 cm³/mol. The van der Waals surface area contributed by atoms with Crippen LogP contribution in [0.4, 0.5) is 23.8 Å². The molecule has 0 unspecified atom stereocenters. The first-order chi connectivity index (χ1) is 16.0. The van der Waals surface area contributed by atoms with Gasteiger partial charge in [-0.15, -0.1) is 0 Å². The minimum atomic E-state index is -4.33. The third kappa shape index (κ3) is 3.97. The Labute approximate surface area is 193 Å². The normalized spacial score (nSPS) is 17.5. The second-order valence-corrected chi connectivity index (χ2v) is 9.34. The monoisotopic (exact) mass is 475 g/mol. The number of urea groups is 1. The van der Waals surface area contributed by atoms with Crippen LogP contribution in [0.5, 0.6) is 0 Å². The Morgan fingerprint density at radius 3 is 2.71 bits per heavy atom. The Hall–Kier alpha value is -3.57. The molecule has 180 valence electrons. The fourth-order valence-corrected chi connectivity index (χ4v) is 5.00. The van der Waals surface area contributed by atoms with Gasteiger partial charge in [-0.2, -0.15) is 18.3 Å². The molecule has 1 N–H and O–H groups in total. The maximum absolute atomic E-state index is 12.9. The molecule has 12 heteroatoms. The van der Waals surface area contributed by atoms with Gasteiger partial charge in [0.25, 0.3) is 5.91 Å². The maximum atomic E-state index is 12.9. The highest BCUT2D eigenvalue weighted by Gasteiger charge is 2.55. The molecule has 4 heterocycles. The summed E-state index contributed by atoms with van der Waals surface area (Å²) in [6, 6.07) is 2.08. The molecule has 0 bridgehead atoms. The van der Waals surface area contributed by atoms with Crippen molar-refractivity contribution in [3.63, 3.8) is 0 Å². The molecule has 1 saturated carbocycles. The summed E-state index contributed by atoms with van der Waals surface area (Å²) in [5.41, 5.74) is 1.35. The van der Waals surface area contributed by atoms with E-state index in [0.717, 1.165) is 18.5 Å². The number of nitrogens with zero attached hydrogens (tertiary/aromatic N) is 6. The topological polar surface area (TPSA) is 87.8 Å². The van der Waals surface area contributed by atoms with Gasteiger partial charge in [0.2, 0.25) is 0 Å². The minimum Gasteiger partial charge on any atom is -0.337 e. The number of carbonyl (C=O) groups excluding carboxylic acids is 2. The summed E-state index contributed by atoms with van der Waals surface area (Å²) in [7, 11) is 3.53. The van der Waals surface area contributed by atoms with Gasteiger partial charge in [-0.25, -0.2) is 14.3 Å². The molecule has 1 spiro atoms. The quantitative estimate of drug-likeness (QED) is 0.629. The van der Waals surface area contributed by atoms with E-state index in [1.54, 1.807) is 33.8 Å². The number of aromatic nitrogens is 4. The molecule has 9 nitrogen and oxygen atoms in total. The molecule has 34 heavy (non-hydrogen) atoms. The van der Waals surface area contributed by atoms with Gasteiger partial charge in [-0.1, -0.05) is 0 Å². The SMILES string of the molecule is CN(C(=O)Nc1cc(CC(F)(F)F)ccn1)C1CC2(C1)CN(C(=O)c1cnn3ccn(C)c13)C2. The number of alkyl halides is 3. The van der Waals surface area contributed by atoms with Crippen molar-refractivity contribution in [2.75, 3.05) is 25.5 Å². The Balaban J connectivity index is 1.14. The number of aryl methyl sites for hydroxylation is 1. The molecule has 0 aromatic carbocycles. The zero-order valence-electron chi connectivity index (χ0n) is 18.7. The summed E-state index contributed by atoms with van der Waals surface area (Å²) in [5, 5.41) is 6.80. The fraction of sp³-hybridized carbons (Fsp3) is 0.455. The molecular weight excluding hydrogens is 451 g/mol. The summed E-state index contributed by atoms with van der Waals surface area (Å²) in [5.74, 6) is 0.0306. The van der Waals surface area contributed by atoms with Gasteiger partial charge >= 0.3 is 12.2 Å². The van der Waals surface area contributed by atoms with Crippen LogP contribution in [-0.2, 0) is 13.5 Å². The molecule has 3 aromatic rings. The van der Waals surface area contributed by atoms with Crippen LogP contribution in [0.25, 0.3) is 5.65 Å². The lowest BCUT2D eigenvalue weighted by molar-refractivity contribution is -0.127. The molecule has 1 aliphatic heterocycles. The van der Waals surface area contributed by atoms with E-state index in [1.807, 2.05) is 17.8 Å². The van der Waals surface area contributed by atoms with Crippen molar-refractivity contribution < 1.29 is 22.8 Å². The van der Waals surface area contributed by atoms with Crippen LogP contribution < -0.4 is 5.32 Å². The third-order valence-corrected chi connectivity index (χ3v) is 6.77. The van der Waals surface area contributed by atoms with Gasteiger partial charge in [0.15, 0.2) is 0 Å². The van der Waals surface area contributed by atoms with Crippen molar-refractivity contribution in [2.24, 2.45) is 12.5 Å². The van der Waals surface area contributed by atoms with E-state index in [1.165, 1.54) is 18.3 Å². The molecule has 3 aromatic heterocycles. The van der Waals surface area contributed by atoms with Crippen molar-refractivity contribution in [3.05, 3.63) is 48.0 Å². The lowest BCUT2D eigenvalue weighted by atomic mass is 9.60. The number of nitrogens with one attached hydrogen (secondary N) is 1. The molecule has 0 atom stereocenters. The lowest BCUT2D eigenvalue weighted by Gasteiger charge is -2.60. The van der Waals surface area contributed by atoms with Gasteiger partial charge in [0.05, 0.1) is 12.6 Å². The molecule has 2 aliphatic rings. The van der Waals surface area contributed by atoms with E-state index < -0.39 is 18.6 Å². The summed E-state index contributed by atoms with van der Waals surface area (Å²) >= 11 is 0. The van der Waals surface area contributed by atoms with Crippen molar-refractivity contribution in [2.45, 2.75) is 31.5 Å². The molecule has 2 fully saturated rings. The second kappa shape index (κ2) is 7.74. The zero-order chi connectivity index (χ0) is 24.3. The van der Waals surface area contributed by atoms with E-state index in [-0.39, 0.29) is 28.7 Å². The smallest absolute Gasteiger partial charge is 0.337 e. The summed E-state index contributed by atoms with van der Waals surface area (Å²) in [6.45, 7) is 1.25. The molecule has 0 radical (unpaired) electrons. The van der Waals surface area contributed by atoms with Crippen LogP contribution in [-0.4, -0.2) is 73.3 Å². The number of anilines is 1. The van der Waals surface area contributed by atoms with Crippen LogP contribution in [0.1, 0.15) is 28.8 Å². The highest BCUT2D eigenvalue weighted by molar-refractivity contribution is 6.00. The van der Waals surface area contributed by atoms with Crippen LogP contribution in [0.3, 0.4) is 0 Å². The maximum Gasteiger partial charge on any atom is 0.393 e. The van der Waals surface area contributed by atoms with Gasteiger partial charge in [0, 0.05) is 57.2 Å². The van der Waals surface area contributed by atoms with E-state index in [0.29, 0.717) is 18.7 Å². The molecule has 3 amide bonds. The van der Waals surface area contributed by atoms with Gasteiger partial charge in [-0.05, 0) is 30.5 Å². The Kier molecular flexibility index (Phi) is 5.06. The molecule has 1 saturated heterocycles. The number of carbonyl (C=O) groups is 2. The van der Waals surface area contributed by atoms with Gasteiger partial charge in [-0.3, -0.25) is 10.1 Å². The number of hydrogen-bond acceptors (Lipinski definition) is 4. The lowest BCUT2D eigenvalue weighted by Crippen LogP contribution is -2.67. The average molecular weight is 475 g/mol. The summed E-state index contributed by atoms with van der Waals surface area (Å²) in [4.78, 5) is 32.8. The summed E-state index contributed by atoms with van der Waals surface area (Å²) in [6.07, 6.45) is 2.58. The Bertz CT molecular complexity index is 1250. The number of hydrogen-bond donors (Lipinski definition) is 1.